The first-order valence-electron chi connectivity index (χ1n) is 9.13. The molecule has 1 saturated carbocycles. The topological polar surface area (TPSA) is 141 Å². The van der Waals surface area contributed by atoms with Crippen LogP contribution in [-0.2, 0) is 14.6 Å². The van der Waals surface area contributed by atoms with Gasteiger partial charge < -0.3 is 16.8 Å². The summed E-state index contributed by atoms with van der Waals surface area (Å²) in [5.74, 6) is -1.75. The largest absolute Gasteiger partial charge is 0.384 e. The van der Waals surface area contributed by atoms with Crippen LogP contribution in [0.5, 0.6) is 0 Å². The molecule has 0 bridgehead atoms. The number of nitrogens with one attached hydrogen (secondary N) is 1. The van der Waals surface area contributed by atoms with Gasteiger partial charge in [-0.15, -0.1) is 0 Å². The zero-order chi connectivity index (χ0) is 22.4. The first kappa shape index (κ1) is 20.7. The third-order valence-electron chi connectivity index (χ3n) is 4.99. The van der Waals surface area contributed by atoms with Crippen molar-refractivity contribution >= 4 is 27.4 Å². The molecule has 8 nitrogen and oxygen atoms in total. The first-order valence-corrected chi connectivity index (χ1v) is 10.6. The number of carbonyl (C=O) groups excluding carboxylic acids is 1. The number of sulfone groups is 1. The average Bonchev–Trinajstić information content (AvgIpc) is 3.49. The Bertz CT molecular complexity index is 1270. The van der Waals surface area contributed by atoms with Gasteiger partial charge in [0.1, 0.15) is 22.2 Å². The van der Waals surface area contributed by atoms with Gasteiger partial charge in [0.05, 0.1) is 10.6 Å². The second-order valence-electron chi connectivity index (χ2n) is 7.17. The summed E-state index contributed by atoms with van der Waals surface area (Å²) in [5.41, 5.74) is 12.1. The van der Waals surface area contributed by atoms with Gasteiger partial charge in [0.25, 0.3) is 0 Å². The minimum Gasteiger partial charge on any atom is -0.384 e. The van der Waals surface area contributed by atoms with Crippen molar-refractivity contribution in [3.8, 4) is 11.4 Å². The lowest BCUT2D eigenvalue weighted by Crippen LogP contribution is -2.23. The Labute approximate surface area is 176 Å². The zero-order valence-electron chi connectivity index (χ0n) is 16.0. The molecule has 1 aromatic heterocycles. The van der Waals surface area contributed by atoms with Crippen LogP contribution in [0.25, 0.3) is 11.4 Å². The summed E-state index contributed by atoms with van der Waals surface area (Å²) in [5, 5.41) is 2.42. The highest BCUT2D eigenvalue weighted by Crippen LogP contribution is 2.55. The molecule has 31 heavy (non-hydrogen) atoms. The Morgan fingerprint density at radius 3 is 2.16 bits per heavy atom. The monoisotopic (exact) mass is 445 g/mol. The molecule has 4 rings (SSSR count). The second kappa shape index (κ2) is 7.27. The zero-order valence-corrected chi connectivity index (χ0v) is 16.8. The molecule has 0 unspecified atom stereocenters. The number of hydrogen-bond acceptors (Lipinski definition) is 6. The van der Waals surface area contributed by atoms with Crippen LogP contribution < -0.4 is 16.8 Å². The SMILES string of the molecule is NC(=O)Nc1ccc(-c2nc(N)cc(C3(S(=O)(=O)c4cc(F)cc(F)c4)CC3)n2)cc1. The summed E-state index contributed by atoms with van der Waals surface area (Å²) in [6, 6.07) is 9.19. The van der Waals surface area contributed by atoms with Gasteiger partial charge in [-0.25, -0.2) is 32.0 Å². The third-order valence-corrected chi connectivity index (χ3v) is 7.49. The van der Waals surface area contributed by atoms with E-state index in [0.29, 0.717) is 17.3 Å². The number of primary amides is 1. The Kier molecular flexibility index (Phi) is 4.85. The standard InChI is InChI=1S/C20H17F2N5O3S/c21-12-7-13(22)9-15(8-12)31(29,30)20(5-6-20)16-10-17(23)27-18(26-16)11-1-3-14(4-2-11)25-19(24)28/h1-4,7-10H,5-6H2,(H2,23,26,27)(H3,24,25,28). The summed E-state index contributed by atoms with van der Waals surface area (Å²) in [7, 11) is -4.15. The molecule has 160 valence electrons. The van der Waals surface area contributed by atoms with E-state index in [4.69, 9.17) is 11.5 Å². The van der Waals surface area contributed by atoms with Crippen LogP contribution in [0, 0.1) is 11.6 Å². The normalized spacial score (nSPS) is 14.8. The smallest absolute Gasteiger partial charge is 0.316 e. The number of nitrogens with zero attached hydrogens (tertiary/aromatic N) is 2. The number of nitrogens with two attached hydrogens (primary N) is 2. The quantitative estimate of drug-likeness (QED) is 0.551. The van der Waals surface area contributed by atoms with E-state index in [9.17, 15) is 22.0 Å². The van der Waals surface area contributed by atoms with Crippen LogP contribution in [0.1, 0.15) is 18.5 Å². The van der Waals surface area contributed by atoms with Crippen LogP contribution in [0.2, 0.25) is 0 Å². The van der Waals surface area contributed by atoms with E-state index in [1.165, 1.54) is 6.07 Å². The maximum absolute atomic E-state index is 13.6. The Hall–Kier alpha value is -3.60. The van der Waals surface area contributed by atoms with Gasteiger partial charge in [-0.2, -0.15) is 0 Å². The molecule has 5 N–H and O–H groups in total. The average molecular weight is 445 g/mol. The second-order valence-corrected chi connectivity index (χ2v) is 9.43. The summed E-state index contributed by atoms with van der Waals surface area (Å²) >= 11 is 0. The number of benzene rings is 2. The van der Waals surface area contributed by atoms with E-state index >= 15 is 0 Å². The van der Waals surface area contributed by atoms with Crippen molar-refractivity contribution in [2.75, 3.05) is 11.1 Å². The third kappa shape index (κ3) is 3.79. The lowest BCUT2D eigenvalue weighted by atomic mass is 10.1. The first-order chi connectivity index (χ1) is 14.6. The molecular weight excluding hydrogens is 428 g/mol. The Morgan fingerprint density at radius 2 is 1.61 bits per heavy atom. The molecule has 0 spiro atoms. The van der Waals surface area contributed by atoms with Gasteiger partial charge in [-0.3, -0.25) is 0 Å². The van der Waals surface area contributed by atoms with E-state index < -0.39 is 37.1 Å². The molecule has 11 heteroatoms. The van der Waals surface area contributed by atoms with Crippen LogP contribution in [-0.4, -0.2) is 24.4 Å². The van der Waals surface area contributed by atoms with Crippen molar-refractivity contribution in [3.05, 3.63) is 65.9 Å². The van der Waals surface area contributed by atoms with Gasteiger partial charge in [0.2, 0.25) is 0 Å². The van der Waals surface area contributed by atoms with E-state index in [1.807, 2.05) is 0 Å². The molecule has 2 aromatic carbocycles. The summed E-state index contributed by atoms with van der Waals surface area (Å²) in [6.07, 6.45) is 0.454. The van der Waals surface area contributed by atoms with Crippen molar-refractivity contribution in [2.45, 2.75) is 22.5 Å². The molecule has 3 aromatic rings. The molecule has 0 atom stereocenters. The maximum Gasteiger partial charge on any atom is 0.316 e. The summed E-state index contributed by atoms with van der Waals surface area (Å²) in [4.78, 5) is 19.0. The number of aromatic nitrogens is 2. The predicted molar refractivity (Wildman–Crippen MR) is 110 cm³/mol. The van der Waals surface area contributed by atoms with Crippen molar-refractivity contribution in [1.82, 2.24) is 9.97 Å². The van der Waals surface area contributed by atoms with Crippen molar-refractivity contribution in [1.29, 1.82) is 0 Å². The maximum atomic E-state index is 13.6. The fraction of sp³-hybridized carbons (Fsp3) is 0.150. The minimum atomic E-state index is -4.15. The lowest BCUT2D eigenvalue weighted by molar-refractivity contribution is 0.259. The highest BCUT2D eigenvalue weighted by molar-refractivity contribution is 7.92. The molecule has 1 aliphatic rings. The predicted octanol–water partition coefficient (Wildman–Crippen LogP) is 2.96. The van der Waals surface area contributed by atoms with Gasteiger partial charge in [-0.1, -0.05) is 0 Å². The number of hydrogen-bond donors (Lipinski definition) is 3. The fourth-order valence-electron chi connectivity index (χ4n) is 3.36. The highest BCUT2D eigenvalue weighted by atomic mass is 32.2. The Balaban J connectivity index is 1.75. The van der Waals surface area contributed by atoms with Crippen LogP contribution in [0.4, 0.5) is 25.1 Å². The number of carbonyl (C=O) groups is 1. The minimum absolute atomic E-state index is 0.0474. The van der Waals surface area contributed by atoms with Crippen molar-refractivity contribution in [3.63, 3.8) is 0 Å². The number of rotatable bonds is 5. The summed E-state index contributed by atoms with van der Waals surface area (Å²) in [6.45, 7) is 0. The lowest BCUT2D eigenvalue weighted by Gasteiger charge is -2.17. The number of halogens is 2. The summed E-state index contributed by atoms with van der Waals surface area (Å²) < 4.78 is 52.3. The van der Waals surface area contributed by atoms with Crippen LogP contribution >= 0.6 is 0 Å². The van der Waals surface area contributed by atoms with E-state index in [1.54, 1.807) is 24.3 Å². The molecule has 0 saturated heterocycles. The van der Waals surface area contributed by atoms with Gasteiger partial charge in [-0.05, 0) is 49.2 Å². The molecule has 1 fully saturated rings. The van der Waals surface area contributed by atoms with Crippen LogP contribution in [0.15, 0.2) is 53.4 Å². The molecule has 0 radical (unpaired) electrons. The Morgan fingerprint density at radius 1 is 1.00 bits per heavy atom. The fourth-order valence-corrected chi connectivity index (χ4v) is 5.36. The molecule has 0 aliphatic heterocycles. The number of urea groups is 1. The van der Waals surface area contributed by atoms with E-state index in [2.05, 4.69) is 15.3 Å². The molecule has 1 heterocycles. The van der Waals surface area contributed by atoms with Gasteiger partial charge >= 0.3 is 6.03 Å². The van der Waals surface area contributed by atoms with Crippen molar-refractivity contribution < 1.29 is 22.0 Å². The van der Waals surface area contributed by atoms with E-state index in [-0.39, 0.29) is 30.2 Å². The number of amides is 2. The molecule has 1 aliphatic carbocycles. The number of nitrogen functional groups attached to an aromatic ring is 1. The van der Waals surface area contributed by atoms with E-state index in [0.717, 1.165) is 12.1 Å². The molecular formula is C20H17F2N5O3S. The van der Waals surface area contributed by atoms with Gasteiger partial charge in [0, 0.05) is 23.4 Å². The molecule has 2 amide bonds. The van der Waals surface area contributed by atoms with Crippen LogP contribution in [0.3, 0.4) is 0 Å². The van der Waals surface area contributed by atoms with Gasteiger partial charge in [0.15, 0.2) is 15.7 Å². The highest BCUT2D eigenvalue weighted by Gasteiger charge is 2.58. The van der Waals surface area contributed by atoms with Crippen molar-refractivity contribution in [2.24, 2.45) is 5.73 Å². The number of anilines is 2.